The molecule has 8 heteroatoms. The molecule has 0 aliphatic heterocycles. The third kappa shape index (κ3) is 13.8. The first-order valence-electron chi connectivity index (χ1n) is 6.11. The van der Waals surface area contributed by atoms with Crippen LogP contribution in [-0.4, -0.2) is 64.9 Å². The Morgan fingerprint density at radius 1 is 0.789 bits per heavy atom. The molecule has 4 N–H and O–H groups in total. The van der Waals surface area contributed by atoms with Crippen molar-refractivity contribution in [2.75, 3.05) is 42.9 Å². The van der Waals surface area contributed by atoms with Crippen molar-refractivity contribution in [1.29, 1.82) is 0 Å². The Bertz CT molecular complexity index is 231. The van der Waals surface area contributed by atoms with Crippen molar-refractivity contribution in [3.05, 3.63) is 0 Å². The molecule has 0 aromatic heterocycles. The van der Waals surface area contributed by atoms with Crippen molar-refractivity contribution in [3.8, 4) is 0 Å². The summed E-state index contributed by atoms with van der Waals surface area (Å²) in [5, 5.41) is 22.3. The first kappa shape index (κ1) is 18.6. The van der Waals surface area contributed by atoms with Crippen LogP contribution in [0.4, 0.5) is 0 Å². The van der Waals surface area contributed by atoms with Gasteiger partial charge in [0.2, 0.25) is 11.8 Å². The maximum atomic E-state index is 11.3. The lowest BCUT2D eigenvalue weighted by Crippen LogP contribution is -2.37. The van der Waals surface area contributed by atoms with E-state index in [0.717, 1.165) is 0 Å². The molecular weight excluding hydrogens is 288 g/mol. The summed E-state index contributed by atoms with van der Waals surface area (Å²) in [6, 6.07) is 0. The number of carbonyl (C=O) groups excluding carboxylic acids is 2. The Morgan fingerprint density at radius 3 is 1.58 bits per heavy atom. The lowest BCUT2D eigenvalue weighted by atomic mass is 10.4. The molecule has 19 heavy (non-hydrogen) atoms. The summed E-state index contributed by atoms with van der Waals surface area (Å²) >= 11 is 3.03. The summed E-state index contributed by atoms with van der Waals surface area (Å²) in [5.41, 5.74) is 0. The van der Waals surface area contributed by atoms with Gasteiger partial charge in [0, 0.05) is 35.9 Å². The van der Waals surface area contributed by atoms with Gasteiger partial charge < -0.3 is 20.8 Å². The molecule has 0 radical (unpaired) electrons. The van der Waals surface area contributed by atoms with E-state index < -0.39 is 0 Å². The first-order chi connectivity index (χ1) is 9.20. The van der Waals surface area contributed by atoms with Gasteiger partial charge >= 0.3 is 0 Å². The number of amides is 2. The molecule has 0 atom stereocenters. The zero-order chi connectivity index (χ0) is 14.3. The molecule has 0 aliphatic rings. The highest BCUT2D eigenvalue weighted by atomic mass is 32.2. The number of aliphatic hydroxyl groups excluding tert-OH is 2. The molecule has 0 aliphatic carbocycles. The Hall–Kier alpha value is -0.440. The second-order valence-electron chi connectivity index (χ2n) is 3.55. The van der Waals surface area contributed by atoms with Crippen LogP contribution >= 0.6 is 23.5 Å². The fraction of sp³-hybridized carbons (Fsp3) is 0.818. The van der Waals surface area contributed by atoms with Crippen molar-refractivity contribution in [1.82, 2.24) is 10.6 Å². The number of thioether (sulfide) groups is 2. The van der Waals surface area contributed by atoms with Gasteiger partial charge in [-0.2, -0.15) is 23.5 Å². The number of carbonyl (C=O) groups is 2. The summed E-state index contributed by atoms with van der Waals surface area (Å²) in [6.07, 6.45) is 0.764. The zero-order valence-corrected chi connectivity index (χ0v) is 12.5. The van der Waals surface area contributed by atoms with E-state index in [2.05, 4.69) is 10.6 Å². The summed E-state index contributed by atoms with van der Waals surface area (Å²) in [6.45, 7) is 0.389. The van der Waals surface area contributed by atoms with Crippen molar-refractivity contribution < 1.29 is 19.8 Å². The maximum Gasteiger partial charge on any atom is 0.222 e. The Kier molecular flexibility index (Phi) is 13.7. The van der Waals surface area contributed by atoms with Crippen LogP contribution < -0.4 is 10.6 Å². The summed E-state index contributed by atoms with van der Waals surface area (Å²) < 4.78 is 0. The minimum Gasteiger partial charge on any atom is -0.396 e. The molecule has 0 unspecified atom stereocenters. The fourth-order valence-corrected chi connectivity index (χ4v) is 2.41. The van der Waals surface area contributed by atoms with Crippen molar-refractivity contribution in [2.24, 2.45) is 0 Å². The Balaban J connectivity index is 3.35. The molecule has 0 saturated heterocycles. The number of nitrogens with one attached hydrogen (secondary N) is 2. The molecule has 0 heterocycles. The van der Waals surface area contributed by atoms with Gasteiger partial charge in [0.05, 0.1) is 19.9 Å². The van der Waals surface area contributed by atoms with Crippen LogP contribution in [-0.2, 0) is 9.59 Å². The van der Waals surface area contributed by atoms with Gasteiger partial charge in [-0.1, -0.05) is 0 Å². The average Bonchev–Trinajstić information content (AvgIpc) is 2.40. The lowest BCUT2D eigenvalue weighted by Gasteiger charge is -2.07. The predicted molar refractivity (Wildman–Crippen MR) is 79.2 cm³/mol. The average molecular weight is 310 g/mol. The van der Waals surface area contributed by atoms with Gasteiger partial charge in [-0.25, -0.2) is 0 Å². The van der Waals surface area contributed by atoms with E-state index in [1.807, 2.05) is 0 Å². The standard InChI is InChI=1S/C11H22N2O4S2/c14-3-7-18-5-1-10(16)12-9-13-11(17)2-6-19-8-4-15/h14-15H,1-9H2,(H,12,16)(H,13,17). The van der Waals surface area contributed by atoms with Crippen LogP contribution in [0.25, 0.3) is 0 Å². The van der Waals surface area contributed by atoms with E-state index in [4.69, 9.17) is 10.2 Å². The molecule has 0 aromatic carbocycles. The molecule has 2 amide bonds. The second-order valence-corrected chi connectivity index (χ2v) is 6.00. The molecule has 0 spiro atoms. The highest BCUT2D eigenvalue weighted by Crippen LogP contribution is 2.01. The van der Waals surface area contributed by atoms with Crippen LogP contribution in [0.2, 0.25) is 0 Å². The smallest absolute Gasteiger partial charge is 0.222 e. The van der Waals surface area contributed by atoms with Crippen LogP contribution in [0.1, 0.15) is 12.8 Å². The van der Waals surface area contributed by atoms with Crippen LogP contribution in [0, 0.1) is 0 Å². The van der Waals surface area contributed by atoms with Gasteiger partial charge in [-0.3, -0.25) is 9.59 Å². The van der Waals surface area contributed by atoms with E-state index in [0.29, 0.717) is 35.9 Å². The third-order valence-electron chi connectivity index (χ3n) is 1.99. The Morgan fingerprint density at radius 2 is 1.21 bits per heavy atom. The zero-order valence-electron chi connectivity index (χ0n) is 10.9. The van der Waals surface area contributed by atoms with Crippen LogP contribution in [0.15, 0.2) is 0 Å². The van der Waals surface area contributed by atoms with Gasteiger partial charge in [-0.15, -0.1) is 0 Å². The molecule has 0 saturated carbocycles. The lowest BCUT2D eigenvalue weighted by molar-refractivity contribution is -0.122. The Labute approximate surface area is 122 Å². The predicted octanol–water partition coefficient (Wildman–Crippen LogP) is -0.592. The SMILES string of the molecule is O=C(CCSCCO)NCNC(=O)CCSCCO. The molecule has 0 bridgehead atoms. The van der Waals surface area contributed by atoms with Gasteiger partial charge in [-0.05, 0) is 0 Å². The van der Waals surface area contributed by atoms with E-state index >= 15 is 0 Å². The number of aliphatic hydroxyl groups is 2. The fourth-order valence-electron chi connectivity index (χ4n) is 1.08. The summed E-state index contributed by atoms with van der Waals surface area (Å²) in [5.74, 6) is 2.38. The van der Waals surface area contributed by atoms with E-state index in [1.54, 1.807) is 0 Å². The first-order valence-corrected chi connectivity index (χ1v) is 8.42. The highest BCUT2D eigenvalue weighted by Gasteiger charge is 2.03. The van der Waals surface area contributed by atoms with E-state index in [-0.39, 0.29) is 31.7 Å². The van der Waals surface area contributed by atoms with Crippen molar-refractivity contribution in [3.63, 3.8) is 0 Å². The normalized spacial score (nSPS) is 10.2. The minimum absolute atomic E-state index is 0.111. The summed E-state index contributed by atoms with van der Waals surface area (Å²) in [4.78, 5) is 22.6. The maximum absolute atomic E-state index is 11.3. The molecule has 0 rings (SSSR count). The molecular formula is C11H22N2O4S2. The topological polar surface area (TPSA) is 98.7 Å². The number of hydrogen-bond donors (Lipinski definition) is 4. The molecule has 6 nitrogen and oxygen atoms in total. The van der Waals surface area contributed by atoms with Crippen molar-refractivity contribution >= 4 is 35.3 Å². The number of rotatable bonds is 12. The summed E-state index contributed by atoms with van der Waals surface area (Å²) in [7, 11) is 0. The molecule has 112 valence electrons. The highest BCUT2D eigenvalue weighted by molar-refractivity contribution is 7.99. The number of hydrogen-bond acceptors (Lipinski definition) is 6. The third-order valence-corrected chi connectivity index (χ3v) is 3.92. The quantitative estimate of drug-likeness (QED) is 0.284. The monoisotopic (exact) mass is 310 g/mol. The van der Waals surface area contributed by atoms with E-state index in [1.165, 1.54) is 23.5 Å². The van der Waals surface area contributed by atoms with Crippen LogP contribution in [0.5, 0.6) is 0 Å². The van der Waals surface area contributed by atoms with Crippen LogP contribution in [0.3, 0.4) is 0 Å². The molecule has 0 fully saturated rings. The minimum atomic E-state index is -0.111. The largest absolute Gasteiger partial charge is 0.396 e. The molecule has 0 aromatic rings. The van der Waals surface area contributed by atoms with E-state index in [9.17, 15) is 9.59 Å². The van der Waals surface area contributed by atoms with Crippen molar-refractivity contribution in [2.45, 2.75) is 12.8 Å². The van der Waals surface area contributed by atoms with Gasteiger partial charge in [0.15, 0.2) is 0 Å². The van der Waals surface area contributed by atoms with Gasteiger partial charge in [0.1, 0.15) is 0 Å². The second kappa shape index (κ2) is 14.0. The van der Waals surface area contributed by atoms with Gasteiger partial charge in [0.25, 0.3) is 0 Å².